The van der Waals surface area contributed by atoms with Gasteiger partial charge in [0.15, 0.2) is 5.76 Å². The molecule has 0 spiro atoms. The van der Waals surface area contributed by atoms with Crippen LogP contribution in [-0.4, -0.2) is 15.7 Å². The molecule has 3 rings (SSSR count). The predicted molar refractivity (Wildman–Crippen MR) is 66.6 cm³/mol. The summed E-state index contributed by atoms with van der Waals surface area (Å²) in [4.78, 5) is 12.0. The Labute approximate surface area is 105 Å². The number of nitrogens with zero attached hydrogens (tertiary/aromatic N) is 2. The molecule has 2 aromatic heterocycles. The minimum Gasteiger partial charge on any atom is -0.456 e. The highest BCUT2D eigenvalue weighted by molar-refractivity contribution is 6.02. The van der Waals surface area contributed by atoms with Crippen molar-refractivity contribution in [3.8, 4) is 0 Å². The fourth-order valence-electron chi connectivity index (χ4n) is 1.97. The first-order chi connectivity index (χ1) is 8.63. The van der Waals surface area contributed by atoms with Crippen LogP contribution in [0.15, 0.2) is 22.7 Å². The van der Waals surface area contributed by atoms with Gasteiger partial charge in [-0.05, 0) is 31.9 Å². The van der Waals surface area contributed by atoms with Crippen LogP contribution in [0.2, 0.25) is 0 Å². The summed E-state index contributed by atoms with van der Waals surface area (Å²) < 4.78 is 7.22. The van der Waals surface area contributed by atoms with Crippen molar-refractivity contribution in [2.24, 2.45) is 7.05 Å². The van der Waals surface area contributed by atoms with Crippen LogP contribution in [-0.2, 0) is 7.05 Å². The van der Waals surface area contributed by atoms with Crippen molar-refractivity contribution in [2.75, 3.05) is 5.32 Å². The zero-order valence-corrected chi connectivity index (χ0v) is 10.4. The van der Waals surface area contributed by atoms with Gasteiger partial charge in [0.2, 0.25) is 0 Å². The summed E-state index contributed by atoms with van der Waals surface area (Å²) in [6.45, 7) is 1.85. The van der Waals surface area contributed by atoms with Gasteiger partial charge in [-0.15, -0.1) is 0 Å². The number of carbonyl (C=O) groups is 1. The first-order valence-corrected chi connectivity index (χ1v) is 6.05. The average molecular weight is 245 g/mol. The average Bonchev–Trinajstić information content (AvgIpc) is 2.96. The number of hydrogen-bond acceptors (Lipinski definition) is 3. The lowest BCUT2D eigenvalue weighted by atomic mass is 10.3. The summed E-state index contributed by atoms with van der Waals surface area (Å²) in [5.74, 6) is 1.58. The van der Waals surface area contributed by atoms with Crippen molar-refractivity contribution < 1.29 is 9.21 Å². The van der Waals surface area contributed by atoms with Gasteiger partial charge in [0.25, 0.3) is 5.91 Å². The van der Waals surface area contributed by atoms with Crippen LogP contribution in [0.25, 0.3) is 0 Å². The molecule has 0 bridgehead atoms. The van der Waals surface area contributed by atoms with E-state index in [4.69, 9.17) is 4.42 Å². The number of anilines is 1. The van der Waals surface area contributed by atoms with E-state index in [9.17, 15) is 4.79 Å². The molecule has 2 heterocycles. The van der Waals surface area contributed by atoms with Crippen molar-refractivity contribution >= 4 is 11.6 Å². The number of hydrogen-bond donors (Lipinski definition) is 1. The maximum Gasteiger partial charge on any atom is 0.291 e. The Morgan fingerprint density at radius 2 is 2.28 bits per heavy atom. The van der Waals surface area contributed by atoms with Gasteiger partial charge < -0.3 is 9.73 Å². The monoisotopic (exact) mass is 245 g/mol. The van der Waals surface area contributed by atoms with Gasteiger partial charge in [-0.3, -0.25) is 9.48 Å². The SMILES string of the molecule is Cc1nn(C)cc1NC(=O)c1ccc(C2CC2)o1. The van der Waals surface area contributed by atoms with E-state index in [0.717, 1.165) is 24.3 Å². The third kappa shape index (κ3) is 2.03. The summed E-state index contributed by atoms with van der Waals surface area (Å²) in [6, 6.07) is 3.62. The zero-order chi connectivity index (χ0) is 12.7. The predicted octanol–water partition coefficient (Wildman–Crippen LogP) is 2.45. The van der Waals surface area contributed by atoms with Gasteiger partial charge >= 0.3 is 0 Å². The number of carbonyl (C=O) groups excluding carboxylic acids is 1. The Morgan fingerprint density at radius 1 is 1.50 bits per heavy atom. The molecule has 1 aliphatic carbocycles. The molecular weight excluding hydrogens is 230 g/mol. The number of rotatable bonds is 3. The Morgan fingerprint density at radius 3 is 2.89 bits per heavy atom. The lowest BCUT2D eigenvalue weighted by Crippen LogP contribution is -2.11. The highest BCUT2D eigenvalue weighted by Crippen LogP contribution is 2.40. The molecule has 1 fully saturated rings. The van der Waals surface area contributed by atoms with E-state index >= 15 is 0 Å². The quantitative estimate of drug-likeness (QED) is 0.903. The molecule has 1 aliphatic rings. The lowest BCUT2D eigenvalue weighted by molar-refractivity contribution is 0.0995. The summed E-state index contributed by atoms with van der Waals surface area (Å²) in [7, 11) is 1.82. The van der Waals surface area contributed by atoms with Gasteiger partial charge in [-0.1, -0.05) is 0 Å². The van der Waals surface area contributed by atoms with Crippen LogP contribution >= 0.6 is 0 Å². The van der Waals surface area contributed by atoms with Crippen molar-refractivity contribution in [3.05, 3.63) is 35.5 Å². The Hall–Kier alpha value is -2.04. The van der Waals surface area contributed by atoms with Crippen molar-refractivity contribution in [3.63, 3.8) is 0 Å². The van der Waals surface area contributed by atoms with Gasteiger partial charge in [0, 0.05) is 19.2 Å². The number of furan rings is 1. The van der Waals surface area contributed by atoms with E-state index in [1.807, 2.05) is 20.0 Å². The fraction of sp³-hybridized carbons (Fsp3) is 0.385. The Bertz CT molecular complexity index is 593. The van der Waals surface area contributed by atoms with Crippen LogP contribution in [0.1, 0.15) is 40.8 Å². The van der Waals surface area contributed by atoms with E-state index < -0.39 is 0 Å². The van der Waals surface area contributed by atoms with Gasteiger partial charge in [0.05, 0.1) is 11.4 Å². The van der Waals surface area contributed by atoms with Crippen molar-refractivity contribution in [1.29, 1.82) is 0 Å². The van der Waals surface area contributed by atoms with E-state index in [-0.39, 0.29) is 5.91 Å². The molecule has 0 unspecified atom stereocenters. The van der Waals surface area contributed by atoms with Crippen LogP contribution in [0.4, 0.5) is 5.69 Å². The number of amides is 1. The Balaban J connectivity index is 1.75. The number of aryl methyl sites for hydroxylation is 2. The molecule has 0 atom stereocenters. The third-order valence-corrected chi connectivity index (χ3v) is 3.09. The van der Waals surface area contributed by atoms with Crippen LogP contribution in [0, 0.1) is 6.92 Å². The third-order valence-electron chi connectivity index (χ3n) is 3.09. The second-order valence-electron chi connectivity index (χ2n) is 4.73. The van der Waals surface area contributed by atoms with Gasteiger partial charge in [0.1, 0.15) is 5.76 Å². The summed E-state index contributed by atoms with van der Waals surface area (Å²) in [5.41, 5.74) is 1.51. The molecular formula is C13H15N3O2. The highest BCUT2D eigenvalue weighted by atomic mass is 16.4. The molecule has 5 nitrogen and oxygen atoms in total. The van der Waals surface area contributed by atoms with E-state index in [2.05, 4.69) is 10.4 Å². The Kier molecular flexibility index (Phi) is 2.47. The molecule has 1 N–H and O–H groups in total. The van der Waals surface area contributed by atoms with Crippen LogP contribution in [0.5, 0.6) is 0 Å². The highest BCUT2D eigenvalue weighted by Gasteiger charge is 2.27. The van der Waals surface area contributed by atoms with E-state index in [1.54, 1.807) is 16.9 Å². The summed E-state index contributed by atoms with van der Waals surface area (Å²) >= 11 is 0. The minimum absolute atomic E-state index is 0.224. The molecule has 2 aromatic rings. The molecule has 0 aromatic carbocycles. The van der Waals surface area contributed by atoms with Crippen LogP contribution in [0.3, 0.4) is 0 Å². The second-order valence-corrected chi connectivity index (χ2v) is 4.73. The van der Waals surface area contributed by atoms with Gasteiger partial charge in [-0.2, -0.15) is 5.10 Å². The summed E-state index contributed by atoms with van der Waals surface area (Å²) in [5, 5.41) is 6.98. The van der Waals surface area contributed by atoms with Crippen molar-refractivity contribution in [2.45, 2.75) is 25.7 Å². The molecule has 94 valence electrons. The molecule has 0 aliphatic heterocycles. The second kappa shape index (κ2) is 4.01. The number of aromatic nitrogens is 2. The fourth-order valence-corrected chi connectivity index (χ4v) is 1.97. The largest absolute Gasteiger partial charge is 0.456 e. The molecule has 1 saturated carbocycles. The first-order valence-electron chi connectivity index (χ1n) is 6.05. The standard InChI is InChI=1S/C13H15N3O2/c1-8-10(7-16(2)15-8)14-13(17)12-6-5-11(18-12)9-3-4-9/h5-7,9H,3-4H2,1-2H3,(H,14,17). The molecule has 5 heteroatoms. The maximum absolute atomic E-state index is 12.0. The van der Waals surface area contributed by atoms with Crippen molar-refractivity contribution in [1.82, 2.24) is 9.78 Å². The lowest BCUT2D eigenvalue weighted by Gasteiger charge is -2.00. The minimum atomic E-state index is -0.224. The molecule has 18 heavy (non-hydrogen) atoms. The molecule has 0 radical (unpaired) electrons. The first kappa shape index (κ1) is 11.1. The zero-order valence-electron chi connectivity index (χ0n) is 10.4. The molecule has 0 saturated heterocycles. The smallest absolute Gasteiger partial charge is 0.291 e. The topological polar surface area (TPSA) is 60.1 Å². The number of nitrogens with one attached hydrogen (secondary N) is 1. The van der Waals surface area contributed by atoms with E-state index in [0.29, 0.717) is 17.4 Å². The summed E-state index contributed by atoms with van der Waals surface area (Å²) in [6.07, 6.45) is 4.10. The normalized spacial score (nSPS) is 14.8. The van der Waals surface area contributed by atoms with Crippen LogP contribution < -0.4 is 5.32 Å². The molecule has 1 amide bonds. The van der Waals surface area contributed by atoms with Gasteiger partial charge in [-0.25, -0.2) is 0 Å². The van der Waals surface area contributed by atoms with E-state index in [1.165, 1.54) is 0 Å². The maximum atomic E-state index is 12.0.